The van der Waals surface area contributed by atoms with Crippen molar-refractivity contribution in [1.29, 1.82) is 0 Å². The first-order chi connectivity index (χ1) is 8.77. The fourth-order valence-electron chi connectivity index (χ4n) is 3.54. The van der Waals surface area contributed by atoms with Gasteiger partial charge in [-0.25, -0.2) is 0 Å². The molecule has 0 N–H and O–H groups in total. The van der Waals surface area contributed by atoms with Crippen molar-refractivity contribution in [1.82, 2.24) is 4.57 Å². The molecule has 3 rings (SSSR count). The van der Waals surface area contributed by atoms with E-state index in [9.17, 15) is 0 Å². The smallest absolute Gasteiger partial charge is 0.0482 e. The molecule has 0 aliphatic heterocycles. The van der Waals surface area contributed by atoms with Gasteiger partial charge in [-0.3, -0.25) is 0 Å². The van der Waals surface area contributed by atoms with Gasteiger partial charge in [-0.1, -0.05) is 50.3 Å². The number of para-hydroxylation sites is 1. The summed E-state index contributed by atoms with van der Waals surface area (Å²) in [4.78, 5) is 0. The molecular formula is C17H23N. The first kappa shape index (κ1) is 11.8. The van der Waals surface area contributed by atoms with E-state index in [4.69, 9.17) is 0 Å². The molecular weight excluding hydrogens is 218 g/mol. The van der Waals surface area contributed by atoms with Crippen LogP contribution >= 0.6 is 0 Å². The van der Waals surface area contributed by atoms with Crippen LogP contribution in [0.4, 0.5) is 0 Å². The van der Waals surface area contributed by atoms with E-state index in [0.717, 1.165) is 5.92 Å². The van der Waals surface area contributed by atoms with Crippen LogP contribution in [0.1, 0.15) is 43.4 Å². The number of benzene rings is 1. The van der Waals surface area contributed by atoms with E-state index in [1.165, 1.54) is 55.1 Å². The molecule has 0 unspecified atom stereocenters. The minimum atomic E-state index is 0.920. The molecule has 1 heterocycles. The van der Waals surface area contributed by atoms with Gasteiger partial charge in [0.25, 0.3) is 0 Å². The molecule has 0 atom stereocenters. The van der Waals surface area contributed by atoms with Gasteiger partial charge in [0.05, 0.1) is 0 Å². The van der Waals surface area contributed by atoms with E-state index in [-0.39, 0.29) is 0 Å². The third-order valence-electron chi connectivity index (χ3n) is 4.75. The average Bonchev–Trinajstić information content (AvgIpc) is 2.66. The Bertz CT molecular complexity index is 544. The van der Waals surface area contributed by atoms with Crippen LogP contribution in [0.25, 0.3) is 10.9 Å². The minimum absolute atomic E-state index is 0.920. The molecule has 0 saturated heterocycles. The van der Waals surface area contributed by atoms with Crippen molar-refractivity contribution in [3.63, 3.8) is 0 Å². The van der Waals surface area contributed by atoms with Crippen LogP contribution in [0.2, 0.25) is 0 Å². The second kappa shape index (κ2) is 4.79. The number of rotatable bonds is 2. The lowest BCUT2D eigenvalue weighted by Gasteiger charge is -2.21. The molecule has 2 aromatic rings. The van der Waals surface area contributed by atoms with Crippen molar-refractivity contribution in [3.8, 4) is 0 Å². The minimum Gasteiger partial charge on any atom is -0.348 e. The highest BCUT2D eigenvalue weighted by molar-refractivity contribution is 5.85. The zero-order valence-corrected chi connectivity index (χ0v) is 11.6. The zero-order valence-electron chi connectivity index (χ0n) is 11.6. The molecule has 1 aliphatic carbocycles. The predicted molar refractivity (Wildman–Crippen MR) is 77.9 cm³/mol. The van der Waals surface area contributed by atoms with Crippen molar-refractivity contribution in [2.24, 2.45) is 13.0 Å². The maximum Gasteiger partial charge on any atom is 0.0482 e. The van der Waals surface area contributed by atoms with Gasteiger partial charge in [-0.15, -0.1) is 0 Å². The molecule has 0 radical (unpaired) electrons. The van der Waals surface area contributed by atoms with Crippen LogP contribution in [-0.4, -0.2) is 4.57 Å². The standard InChI is InChI=1S/C17H23N/c1-13-16(12-14-8-4-3-5-9-14)15-10-6-7-11-17(15)18(13)2/h6-7,10-11,14H,3-5,8-9,12H2,1-2H3. The Balaban J connectivity index is 1.97. The van der Waals surface area contributed by atoms with Crippen molar-refractivity contribution < 1.29 is 0 Å². The Morgan fingerprint density at radius 2 is 1.83 bits per heavy atom. The number of hydrogen-bond donors (Lipinski definition) is 0. The van der Waals surface area contributed by atoms with Gasteiger partial charge in [0, 0.05) is 23.6 Å². The summed E-state index contributed by atoms with van der Waals surface area (Å²) in [5.41, 5.74) is 4.45. The SMILES string of the molecule is Cc1c(CC2CCCCC2)c2ccccc2n1C. The van der Waals surface area contributed by atoms with Crippen LogP contribution < -0.4 is 0 Å². The quantitative estimate of drug-likeness (QED) is 0.723. The molecule has 0 amide bonds. The average molecular weight is 241 g/mol. The lowest BCUT2D eigenvalue weighted by molar-refractivity contribution is 0.357. The zero-order chi connectivity index (χ0) is 12.5. The highest BCUT2D eigenvalue weighted by Crippen LogP contribution is 2.32. The Hall–Kier alpha value is -1.24. The number of nitrogens with zero attached hydrogens (tertiary/aromatic N) is 1. The number of hydrogen-bond acceptors (Lipinski definition) is 0. The molecule has 1 heteroatoms. The Morgan fingerprint density at radius 1 is 1.11 bits per heavy atom. The molecule has 1 aromatic carbocycles. The number of fused-ring (bicyclic) bond motifs is 1. The molecule has 0 bridgehead atoms. The monoisotopic (exact) mass is 241 g/mol. The van der Waals surface area contributed by atoms with Crippen LogP contribution in [0.5, 0.6) is 0 Å². The lowest BCUT2D eigenvalue weighted by Crippen LogP contribution is -2.09. The Labute approximate surface area is 110 Å². The molecule has 1 aliphatic rings. The van der Waals surface area contributed by atoms with E-state index in [1.54, 1.807) is 5.56 Å². The Morgan fingerprint density at radius 3 is 2.61 bits per heavy atom. The largest absolute Gasteiger partial charge is 0.348 e. The summed E-state index contributed by atoms with van der Waals surface area (Å²) in [5.74, 6) is 0.920. The summed E-state index contributed by atoms with van der Waals surface area (Å²) < 4.78 is 2.35. The number of aryl methyl sites for hydroxylation is 1. The van der Waals surface area contributed by atoms with Gasteiger partial charge in [0.15, 0.2) is 0 Å². The van der Waals surface area contributed by atoms with Crippen LogP contribution in [0, 0.1) is 12.8 Å². The third-order valence-corrected chi connectivity index (χ3v) is 4.75. The van der Waals surface area contributed by atoms with Gasteiger partial charge < -0.3 is 4.57 Å². The van der Waals surface area contributed by atoms with Gasteiger partial charge >= 0.3 is 0 Å². The molecule has 0 spiro atoms. The van der Waals surface area contributed by atoms with Gasteiger partial charge in [0.2, 0.25) is 0 Å². The molecule has 1 saturated carbocycles. The predicted octanol–water partition coefficient (Wildman–Crippen LogP) is 4.61. The first-order valence-electron chi connectivity index (χ1n) is 7.30. The van der Waals surface area contributed by atoms with E-state index in [1.807, 2.05) is 0 Å². The summed E-state index contributed by atoms with van der Waals surface area (Å²) in [7, 11) is 2.20. The maximum atomic E-state index is 2.35. The van der Waals surface area contributed by atoms with E-state index in [2.05, 4.69) is 42.8 Å². The van der Waals surface area contributed by atoms with Crippen molar-refractivity contribution in [2.75, 3.05) is 0 Å². The van der Waals surface area contributed by atoms with Crippen molar-refractivity contribution in [3.05, 3.63) is 35.5 Å². The van der Waals surface area contributed by atoms with Gasteiger partial charge in [-0.2, -0.15) is 0 Å². The second-order valence-electron chi connectivity index (χ2n) is 5.85. The maximum absolute atomic E-state index is 2.35. The van der Waals surface area contributed by atoms with Crippen molar-refractivity contribution >= 4 is 10.9 Å². The highest BCUT2D eigenvalue weighted by Gasteiger charge is 2.18. The molecule has 18 heavy (non-hydrogen) atoms. The van der Waals surface area contributed by atoms with Gasteiger partial charge in [0.1, 0.15) is 0 Å². The van der Waals surface area contributed by atoms with E-state index >= 15 is 0 Å². The first-order valence-corrected chi connectivity index (χ1v) is 7.30. The molecule has 1 nitrogen and oxygen atoms in total. The summed E-state index contributed by atoms with van der Waals surface area (Å²) in [6, 6.07) is 8.85. The van der Waals surface area contributed by atoms with Crippen molar-refractivity contribution in [2.45, 2.75) is 45.4 Å². The topological polar surface area (TPSA) is 4.93 Å². The molecule has 96 valence electrons. The summed E-state index contributed by atoms with van der Waals surface area (Å²) in [6.07, 6.45) is 8.48. The van der Waals surface area contributed by atoms with Crippen LogP contribution in [0.15, 0.2) is 24.3 Å². The summed E-state index contributed by atoms with van der Waals surface area (Å²) in [6.45, 7) is 2.28. The highest BCUT2D eigenvalue weighted by atomic mass is 14.9. The van der Waals surface area contributed by atoms with E-state index < -0.39 is 0 Å². The van der Waals surface area contributed by atoms with Gasteiger partial charge in [-0.05, 0) is 30.9 Å². The third kappa shape index (κ3) is 1.96. The summed E-state index contributed by atoms with van der Waals surface area (Å²) in [5, 5.41) is 1.48. The molecule has 1 aromatic heterocycles. The Kier molecular flexibility index (Phi) is 3.15. The van der Waals surface area contributed by atoms with Crippen LogP contribution in [-0.2, 0) is 13.5 Å². The fraction of sp³-hybridized carbons (Fsp3) is 0.529. The lowest BCUT2D eigenvalue weighted by atomic mass is 9.84. The summed E-state index contributed by atoms with van der Waals surface area (Å²) >= 11 is 0. The fourth-order valence-corrected chi connectivity index (χ4v) is 3.54. The van der Waals surface area contributed by atoms with Crippen LogP contribution in [0.3, 0.4) is 0 Å². The normalized spacial score (nSPS) is 17.4. The van der Waals surface area contributed by atoms with E-state index in [0.29, 0.717) is 0 Å². The molecule has 1 fully saturated rings. The number of aromatic nitrogens is 1. The second-order valence-corrected chi connectivity index (χ2v) is 5.85.